The molecule has 2 rings (SSSR count). The van der Waals surface area contributed by atoms with Crippen LogP contribution in [-0.2, 0) is 6.42 Å². The van der Waals surface area contributed by atoms with Crippen LogP contribution in [0, 0.1) is 5.92 Å². The average Bonchev–Trinajstić information content (AvgIpc) is 2.66. The van der Waals surface area contributed by atoms with Crippen molar-refractivity contribution in [2.75, 3.05) is 0 Å². The summed E-state index contributed by atoms with van der Waals surface area (Å²) in [6.07, 6.45) is 7.34. The minimum atomic E-state index is -0.0778. The highest BCUT2D eigenvalue weighted by atomic mass is 16.3. The summed E-state index contributed by atoms with van der Waals surface area (Å²) < 4.78 is 2.01. The molecule has 90 valence electrons. The summed E-state index contributed by atoms with van der Waals surface area (Å²) in [4.78, 5) is 0. The molecule has 2 unspecified atom stereocenters. The topological polar surface area (TPSA) is 38.0 Å². The molecule has 1 aromatic rings. The van der Waals surface area contributed by atoms with Gasteiger partial charge >= 0.3 is 0 Å². The van der Waals surface area contributed by atoms with Crippen molar-refractivity contribution in [1.82, 2.24) is 9.78 Å². The van der Waals surface area contributed by atoms with Crippen molar-refractivity contribution in [3.63, 3.8) is 0 Å². The summed E-state index contributed by atoms with van der Waals surface area (Å²) in [5, 5.41) is 14.2. The molecule has 1 aliphatic carbocycles. The van der Waals surface area contributed by atoms with E-state index in [1.165, 1.54) is 12.1 Å². The molecule has 3 heteroatoms. The Morgan fingerprint density at radius 1 is 1.50 bits per heavy atom. The van der Waals surface area contributed by atoms with Crippen molar-refractivity contribution in [2.45, 2.75) is 58.1 Å². The molecule has 1 N–H and O–H groups in total. The van der Waals surface area contributed by atoms with Gasteiger partial charge in [0.05, 0.1) is 11.8 Å². The Labute approximate surface area is 97.5 Å². The van der Waals surface area contributed by atoms with Gasteiger partial charge in [-0.1, -0.05) is 6.42 Å². The number of hydrogen-bond acceptors (Lipinski definition) is 2. The molecule has 16 heavy (non-hydrogen) atoms. The van der Waals surface area contributed by atoms with Crippen LogP contribution in [0.1, 0.15) is 51.3 Å². The summed E-state index contributed by atoms with van der Waals surface area (Å²) >= 11 is 0. The van der Waals surface area contributed by atoms with E-state index < -0.39 is 0 Å². The zero-order chi connectivity index (χ0) is 11.5. The summed E-state index contributed by atoms with van der Waals surface area (Å²) in [6, 6.07) is 2.55. The second-order valence-corrected chi connectivity index (χ2v) is 5.27. The van der Waals surface area contributed by atoms with E-state index in [1.54, 1.807) is 0 Å². The predicted octanol–water partition coefficient (Wildman–Crippen LogP) is 2.56. The summed E-state index contributed by atoms with van der Waals surface area (Å²) in [5.74, 6) is 0.624. The Morgan fingerprint density at radius 2 is 2.31 bits per heavy atom. The van der Waals surface area contributed by atoms with Crippen molar-refractivity contribution in [3.8, 4) is 0 Å². The molecule has 3 nitrogen and oxygen atoms in total. The number of rotatable bonds is 3. The first-order valence-corrected chi connectivity index (χ1v) is 6.37. The maximum absolute atomic E-state index is 9.63. The zero-order valence-corrected chi connectivity index (χ0v) is 10.3. The lowest BCUT2D eigenvalue weighted by Gasteiger charge is -2.25. The molecule has 0 radical (unpaired) electrons. The van der Waals surface area contributed by atoms with Crippen LogP contribution in [0.25, 0.3) is 0 Å². The first-order chi connectivity index (χ1) is 7.65. The maximum Gasteiger partial charge on any atom is 0.0627 e. The van der Waals surface area contributed by atoms with E-state index in [0.29, 0.717) is 12.0 Å². The molecule has 1 aromatic heterocycles. The molecule has 0 spiro atoms. The van der Waals surface area contributed by atoms with Gasteiger partial charge in [0.1, 0.15) is 0 Å². The van der Waals surface area contributed by atoms with E-state index in [2.05, 4.69) is 31.2 Å². The fourth-order valence-corrected chi connectivity index (χ4v) is 2.52. The normalized spacial score (nSPS) is 26.2. The quantitative estimate of drug-likeness (QED) is 0.853. The van der Waals surface area contributed by atoms with Crippen LogP contribution in [0.3, 0.4) is 0 Å². The van der Waals surface area contributed by atoms with Gasteiger partial charge in [-0.05, 0) is 51.5 Å². The molecule has 0 aliphatic heterocycles. The third-order valence-corrected chi connectivity index (χ3v) is 3.45. The van der Waals surface area contributed by atoms with Gasteiger partial charge in [0.2, 0.25) is 0 Å². The van der Waals surface area contributed by atoms with Gasteiger partial charge in [-0.25, -0.2) is 0 Å². The van der Waals surface area contributed by atoms with Crippen LogP contribution in [0.15, 0.2) is 12.3 Å². The Kier molecular flexibility index (Phi) is 3.64. The highest BCUT2D eigenvalue weighted by Crippen LogP contribution is 2.26. The van der Waals surface area contributed by atoms with Crippen molar-refractivity contribution >= 4 is 0 Å². The molecular weight excluding hydrogens is 200 g/mol. The third kappa shape index (κ3) is 2.85. The average molecular weight is 222 g/mol. The lowest BCUT2D eigenvalue weighted by Crippen LogP contribution is -2.21. The van der Waals surface area contributed by atoms with E-state index in [-0.39, 0.29) is 6.10 Å². The van der Waals surface area contributed by atoms with Crippen LogP contribution in [0.4, 0.5) is 0 Å². The van der Waals surface area contributed by atoms with E-state index >= 15 is 0 Å². The Balaban J connectivity index is 1.92. The molecule has 0 amide bonds. The monoisotopic (exact) mass is 222 g/mol. The Bertz CT molecular complexity index is 332. The van der Waals surface area contributed by atoms with Crippen LogP contribution in [-0.4, -0.2) is 21.0 Å². The molecule has 1 heterocycles. The van der Waals surface area contributed by atoms with E-state index in [4.69, 9.17) is 0 Å². The maximum atomic E-state index is 9.63. The van der Waals surface area contributed by atoms with Gasteiger partial charge in [0.25, 0.3) is 0 Å². The predicted molar refractivity (Wildman–Crippen MR) is 64.3 cm³/mol. The Hall–Kier alpha value is -0.830. The first-order valence-electron chi connectivity index (χ1n) is 6.37. The minimum absolute atomic E-state index is 0.0778. The van der Waals surface area contributed by atoms with Crippen molar-refractivity contribution in [3.05, 3.63) is 18.0 Å². The zero-order valence-electron chi connectivity index (χ0n) is 10.3. The van der Waals surface area contributed by atoms with Crippen LogP contribution < -0.4 is 0 Å². The largest absolute Gasteiger partial charge is 0.393 e. The van der Waals surface area contributed by atoms with Crippen LogP contribution in [0.5, 0.6) is 0 Å². The number of aliphatic hydroxyl groups is 1. The molecule has 2 atom stereocenters. The second kappa shape index (κ2) is 5.00. The van der Waals surface area contributed by atoms with E-state index in [1.807, 2.05) is 4.68 Å². The third-order valence-electron chi connectivity index (χ3n) is 3.45. The fraction of sp³-hybridized carbons (Fsp3) is 0.769. The van der Waals surface area contributed by atoms with Gasteiger partial charge in [-0.15, -0.1) is 0 Å². The standard InChI is InChI=1S/C13H22N2O/c1-10(2)15-7-6-12(14-15)8-11-4-3-5-13(16)9-11/h6-7,10-11,13,16H,3-5,8-9H2,1-2H3. The smallest absolute Gasteiger partial charge is 0.0627 e. The summed E-state index contributed by atoms with van der Waals surface area (Å²) in [7, 11) is 0. The number of nitrogens with zero attached hydrogens (tertiary/aromatic N) is 2. The molecule has 1 aliphatic rings. The van der Waals surface area contributed by atoms with E-state index in [9.17, 15) is 5.11 Å². The minimum Gasteiger partial charge on any atom is -0.393 e. The summed E-state index contributed by atoms with van der Waals surface area (Å²) in [6.45, 7) is 4.28. The van der Waals surface area contributed by atoms with Crippen LogP contribution in [0.2, 0.25) is 0 Å². The molecule has 0 saturated heterocycles. The number of aromatic nitrogens is 2. The highest BCUT2D eigenvalue weighted by molar-refractivity contribution is 5.01. The lowest BCUT2D eigenvalue weighted by atomic mass is 9.84. The first kappa shape index (κ1) is 11.6. The molecule has 0 bridgehead atoms. The van der Waals surface area contributed by atoms with Crippen LogP contribution >= 0.6 is 0 Å². The van der Waals surface area contributed by atoms with Crippen molar-refractivity contribution < 1.29 is 5.11 Å². The molecular formula is C13H22N2O. The summed E-state index contributed by atoms with van der Waals surface area (Å²) in [5.41, 5.74) is 1.17. The van der Waals surface area contributed by atoms with Crippen molar-refractivity contribution in [2.24, 2.45) is 5.92 Å². The van der Waals surface area contributed by atoms with Gasteiger partial charge in [-0.3, -0.25) is 4.68 Å². The number of hydrogen-bond donors (Lipinski definition) is 1. The highest BCUT2D eigenvalue weighted by Gasteiger charge is 2.21. The molecule has 0 aromatic carbocycles. The van der Waals surface area contributed by atoms with Gasteiger partial charge in [-0.2, -0.15) is 5.10 Å². The Morgan fingerprint density at radius 3 is 2.94 bits per heavy atom. The van der Waals surface area contributed by atoms with Gasteiger partial charge in [0.15, 0.2) is 0 Å². The van der Waals surface area contributed by atoms with Gasteiger partial charge in [0, 0.05) is 12.2 Å². The molecule has 1 saturated carbocycles. The SMILES string of the molecule is CC(C)n1ccc(CC2CCCC(O)C2)n1. The van der Waals surface area contributed by atoms with E-state index in [0.717, 1.165) is 25.7 Å². The van der Waals surface area contributed by atoms with Crippen molar-refractivity contribution in [1.29, 1.82) is 0 Å². The molecule has 1 fully saturated rings. The lowest BCUT2D eigenvalue weighted by molar-refractivity contribution is 0.101. The second-order valence-electron chi connectivity index (χ2n) is 5.27. The fourth-order valence-electron chi connectivity index (χ4n) is 2.52. The van der Waals surface area contributed by atoms with Gasteiger partial charge < -0.3 is 5.11 Å². The number of aliphatic hydroxyl groups excluding tert-OH is 1.